The zero-order valence-corrected chi connectivity index (χ0v) is 12.0. The van der Waals surface area contributed by atoms with Crippen molar-refractivity contribution in [3.63, 3.8) is 0 Å². The van der Waals surface area contributed by atoms with Crippen molar-refractivity contribution < 1.29 is 26.0 Å². The van der Waals surface area contributed by atoms with E-state index in [-0.39, 0.29) is 27.3 Å². The lowest BCUT2D eigenvalue weighted by Crippen LogP contribution is -2.23. The third-order valence-corrected chi connectivity index (χ3v) is 4.48. The molecule has 10 heteroatoms. The number of nitrogens with zero attached hydrogens (tertiary/aromatic N) is 1. The number of hydrogen-bond donors (Lipinski definition) is 0. The molecular weight excluding hydrogens is 375 g/mol. The maximum absolute atomic E-state index is 12.5. The molecule has 0 spiro atoms. The highest BCUT2D eigenvalue weighted by molar-refractivity contribution is 9.10. The van der Waals surface area contributed by atoms with Crippen LogP contribution in [0.15, 0.2) is 25.9 Å². The van der Waals surface area contributed by atoms with Crippen molar-refractivity contribution in [2.75, 3.05) is 0 Å². The average molecular weight is 379 g/mol. The van der Waals surface area contributed by atoms with Gasteiger partial charge in [0.05, 0.1) is 15.2 Å². The fourth-order valence-corrected chi connectivity index (χ4v) is 2.96. The normalized spacial score (nSPS) is 13.1. The van der Waals surface area contributed by atoms with Crippen LogP contribution >= 0.6 is 27.5 Å². The van der Waals surface area contributed by atoms with Crippen molar-refractivity contribution in [1.29, 1.82) is 0 Å². The molecule has 0 atom stereocenters. The van der Waals surface area contributed by atoms with E-state index in [1.165, 1.54) is 0 Å². The van der Waals surface area contributed by atoms with E-state index in [4.69, 9.17) is 16.0 Å². The third-order valence-electron chi connectivity index (χ3n) is 2.19. The summed E-state index contributed by atoms with van der Waals surface area (Å²) in [4.78, 5) is 2.88. The third kappa shape index (κ3) is 2.46. The van der Waals surface area contributed by atoms with E-state index >= 15 is 0 Å². The van der Waals surface area contributed by atoms with E-state index in [9.17, 15) is 21.6 Å². The minimum Gasteiger partial charge on any atom is -0.438 e. The van der Waals surface area contributed by atoms with Crippen LogP contribution in [0.1, 0.15) is 5.89 Å². The Kier molecular flexibility index (Phi) is 3.56. The topological polar surface area (TPSA) is 60.2 Å². The second kappa shape index (κ2) is 4.64. The van der Waals surface area contributed by atoms with Crippen LogP contribution in [0.4, 0.5) is 13.2 Å². The number of benzene rings is 1. The lowest BCUT2D eigenvalue weighted by atomic mass is 10.3. The van der Waals surface area contributed by atoms with Crippen molar-refractivity contribution in [1.82, 2.24) is 4.98 Å². The highest BCUT2D eigenvalue weighted by Crippen LogP contribution is 2.35. The molecule has 0 saturated heterocycles. The van der Waals surface area contributed by atoms with Gasteiger partial charge in [-0.2, -0.15) is 13.2 Å². The Balaban J connectivity index is 2.71. The summed E-state index contributed by atoms with van der Waals surface area (Å²) in [6.07, 6.45) is 0. The lowest BCUT2D eigenvalue weighted by molar-refractivity contribution is -0.0435. The van der Waals surface area contributed by atoms with Gasteiger partial charge in [0, 0.05) is 0 Å². The first-order valence-electron chi connectivity index (χ1n) is 4.63. The molecule has 0 aliphatic rings. The summed E-state index contributed by atoms with van der Waals surface area (Å²) in [5, 5.41) is 0. The molecule has 0 N–H and O–H groups in total. The van der Waals surface area contributed by atoms with E-state index in [0.29, 0.717) is 0 Å². The largest absolute Gasteiger partial charge is 0.501 e. The Hall–Kier alpha value is -0.800. The summed E-state index contributed by atoms with van der Waals surface area (Å²) in [5.74, 6) is 0.00146. The second-order valence-corrected chi connectivity index (χ2v) is 6.51. The Morgan fingerprint density at radius 3 is 2.53 bits per heavy atom. The van der Waals surface area contributed by atoms with E-state index in [2.05, 4.69) is 20.9 Å². The van der Waals surface area contributed by atoms with Gasteiger partial charge in [-0.3, -0.25) is 0 Å². The molecule has 0 amide bonds. The van der Waals surface area contributed by atoms with Crippen molar-refractivity contribution >= 4 is 48.5 Å². The van der Waals surface area contributed by atoms with Gasteiger partial charge in [0.1, 0.15) is 5.52 Å². The smallest absolute Gasteiger partial charge is 0.438 e. The van der Waals surface area contributed by atoms with Gasteiger partial charge in [-0.05, 0) is 28.1 Å². The van der Waals surface area contributed by atoms with Crippen LogP contribution in [0, 0.1) is 0 Å². The molecule has 0 fully saturated rings. The lowest BCUT2D eigenvalue weighted by Gasteiger charge is -2.08. The van der Waals surface area contributed by atoms with Gasteiger partial charge in [-0.1, -0.05) is 0 Å². The van der Waals surface area contributed by atoms with E-state index in [0.717, 1.165) is 12.1 Å². The maximum Gasteiger partial charge on any atom is 0.501 e. The highest BCUT2D eigenvalue weighted by Gasteiger charge is 2.47. The quantitative estimate of drug-likeness (QED) is 0.749. The molecule has 0 saturated carbocycles. The summed E-state index contributed by atoms with van der Waals surface area (Å²) in [5.41, 5.74) is -5.26. The van der Waals surface area contributed by atoms with Crippen LogP contribution in [0.3, 0.4) is 0 Å². The molecular formula is C9H4BrClF3NO3S. The van der Waals surface area contributed by atoms with E-state index in [1.54, 1.807) is 0 Å². The molecule has 0 bridgehead atoms. The molecule has 0 aliphatic carbocycles. The first-order chi connectivity index (χ1) is 8.66. The van der Waals surface area contributed by atoms with Crippen LogP contribution in [0.5, 0.6) is 0 Å². The average Bonchev–Trinajstić information content (AvgIpc) is 2.71. The summed E-state index contributed by atoms with van der Waals surface area (Å²) in [7, 11) is -5.43. The van der Waals surface area contributed by atoms with Gasteiger partial charge in [0.25, 0.3) is 9.84 Å². The molecule has 0 unspecified atom stereocenters. The molecule has 104 valence electrons. The molecule has 19 heavy (non-hydrogen) atoms. The summed E-state index contributed by atoms with van der Waals surface area (Å²) in [6.45, 7) is 0. The summed E-state index contributed by atoms with van der Waals surface area (Å²) in [6, 6.07) is 1.61. The van der Waals surface area contributed by atoms with E-state index in [1.807, 2.05) is 0 Å². The van der Waals surface area contributed by atoms with Gasteiger partial charge in [-0.25, -0.2) is 13.4 Å². The van der Waals surface area contributed by atoms with Crippen LogP contribution in [-0.4, -0.2) is 18.9 Å². The molecule has 1 aromatic heterocycles. The first-order valence-corrected chi connectivity index (χ1v) is 7.44. The van der Waals surface area contributed by atoms with Crippen molar-refractivity contribution in [3.05, 3.63) is 22.5 Å². The second-order valence-electron chi connectivity index (χ2n) is 3.44. The predicted octanol–water partition coefficient (Wildman–Crippen LogP) is 3.62. The van der Waals surface area contributed by atoms with Crippen LogP contribution < -0.4 is 0 Å². The summed E-state index contributed by atoms with van der Waals surface area (Å²) >= 11 is 8.42. The molecule has 0 radical (unpaired) electrons. The number of fused-ring (bicyclic) bond motifs is 1. The van der Waals surface area contributed by atoms with Crippen molar-refractivity contribution in [2.24, 2.45) is 0 Å². The van der Waals surface area contributed by atoms with Crippen molar-refractivity contribution in [2.45, 2.75) is 16.3 Å². The fraction of sp³-hybridized carbons (Fsp3) is 0.222. The monoisotopic (exact) mass is 377 g/mol. The number of oxazole rings is 1. The highest BCUT2D eigenvalue weighted by atomic mass is 79.9. The number of hydrogen-bond acceptors (Lipinski definition) is 4. The molecule has 0 aliphatic heterocycles. The Morgan fingerprint density at radius 1 is 1.37 bits per heavy atom. The molecule has 1 aromatic carbocycles. The van der Waals surface area contributed by atoms with Gasteiger partial charge in [0.2, 0.25) is 5.89 Å². The molecule has 1 heterocycles. The fourth-order valence-electron chi connectivity index (χ4n) is 1.36. The Labute approximate surface area is 118 Å². The van der Waals surface area contributed by atoms with Gasteiger partial charge < -0.3 is 4.42 Å². The standard InChI is InChI=1S/C9H4BrClF3NO3S/c10-5-1-4(19(16,17)9(12,13)14)2-6-8(5)18-7(3-11)15-6/h1-2H,3H2. The van der Waals surface area contributed by atoms with Crippen molar-refractivity contribution in [3.8, 4) is 0 Å². The SMILES string of the molecule is O=S(=O)(c1cc(Br)c2oc(CCl)nc2c1)C(F)(F)F. The molecule has 4 nitrogen and oxygen atoms in total. The predicted molar refractivity (Wildman–Crippen MR) is 64.5 cm³/mol. The zero-order chi connectivity index (χ0) is 14.4. The maximum atomic E-state index is 12.5. The Bertz CT molecular complexity index is 741. The number of halogens is 5. The van der Waals surface area contributed by atoms with Crippen LogP contribution in [-0.2, 0) is 15.7 Å². The molecule has 2 rings (SSSR count). The van der Waals surface area contributed by atoms with Gasteiger partial charge >= 0.3 is 5.51 Å². The van der Waals surface area contributed by atoms with Crippen LogP contribution in [0.25, 0.3) is 11.1 Å². The first kappa shape index (κ1) is 14.6. The minimum absolute atomic E-state index is 0.0205. The van der Waals surface area contributed by atoms with Crippen LogP contribution in [0.2, 0.25) is 0 Å². The van der Waals surface area contributed by atoms with Gasteiger partial charge in [-0.15, -0.1) is 11.6 Å². The van der Waals surface area contributed by atoms with Gasteiger partial charge in [0.15, 0.2) is 5.58 Å². The number of rotatable bonds is 2. The molecule has 2 aromatic rings. The minimum atomic E-state index is -5.43. The summed E-state index contributed by atoms with van der Waals surface area (Å²) < 4.78 is 65.1. The Morgan fingerprint density at radius 2 is 2.00 bits per heavy atom. The number of sulfone groups is 1. The van der Waals surface area contributed by atoms with E-state index < -0.39 is 20.2 Å². The number of alkyl halides is 4. The number of aromatic nitrogens is 1. The zero-order valence-electron chi connectivity index (χ0n) is 8.83.